The van der Waals surface area contributed by atoms with Crippen molar-refractivity contribution in [3.05, 3.63) is 65.8 Å². The molecule has 1 aromatic carbocycles. The van der Waals surface area contributed by atoms with Gasteiger partial charge < -0.3 is 14.9 Å². The fraction of sp³-hybridized carbons (Fsp3) is 0.292. The number of phenols is 2. The molecule has 5 rings (SSSR count). The highest BCUT2D eigenvalue weighted by Gasteiger charge is 2.45. The van der Waals surface area contributed by atoms with Gasteiger partial charge in [0.1, 0.15) is 5.37 Å². The van der Waals surface area contributed by atoms with E-state index in [4.69, 9.17) is 4.74 Å². The number of aromatic hydroxyl groups is 2. The molecule has 1 saturated heterocycles. The average Bonchev–Trinajstić information content (AvgIpc) is 3.40. The number of phenolic OH excluding ortho intramolecular Hbond substituents is 2. The fourth-order valence-corrected chi connectivity index (χ4v) is 6.93. The van der Waals surface area contributed by atoms with Gasteiger partial charge in [-0.15, -0.1) is 23.5 Å². The van der Waals surface area contributed by atoms with E-state index < -0.39 is 33.6 Å². The standard InChI is InChI=1S/C24H22N2O5S2/c1-24-10-6-5-9-16(24)33-23(26-24)19(29)13-11-12(17(27)20(30)21(13)31-2)18(28)22-25-14-7-3-4-8-15(14)32-22/h3-11,15-16,22-23,26-27,30H,1-2H3. The molecule has 5 unspecified atom stereocenters. The Morgan fingerprint density at radius 3 is 2.58 bits per heavy atom. The number of ether oxygens (including phenoxy) is 1. The summed E-state index contributed by atoms with van der Waals surface area (Å²) in [6.45, 7) is 2.01. The molecule has 0 bridgehead atoms. The lowest BCUT2D eigenvalue weighted by Crippen LogP contribution is -2.46. The highest BCUT2D eigenvalue weighted by atomic mass is 32.2. The zero-order chi connectivity index (χ0) is 23.3. The fourth-order valence-electron chi connectivity index (χ4n) is 4.28. The predicted octanol–water partition coefficient (Wildman–Crippen LogP) is 3.40. The van der Waals surface area contributed by atoms with Crippen LogP contribution in [0.25, 0.3) is 0 Å². The van der Waals surface area contributed by atoms with Crippen molar-refractivity contribution >= 4 is 40.8 Å². The van der Waals surface area contributed by atoms with E-state index in [9.17, 15) is 19.8 Å². The molecule has 0 saturated carbocycles. The maximum absolute atomic E-state index is 13.5. The largest absolute Gasteiger partial charge is 0.504 e. The van der Waals surface area contributed by atoms with Crippen molar-refractivity contribution in [1.29, 1.82) is 0 Å². The number of aliphatic imine (C=N–C) groups is 1. The van der Waals surface area contributed by atoms with Crippen molar-refractivity contribution in [3.8, 4) is 17.2 Å². The second-order valence-corrected chi connectivity index (χ2v) is 10.7. The van der Waals surface area contributed by atoms with Gasteiger partial charge in [-0.05, 0) is 19.1 Å². The molecule has 5 atom stereocenters. The maximum Gasteiger partial charge on any atom is 0.202 e. The van der Waals surface area contributed by atoms with Crippen LogP contribution in [0.5, 0.6) is 17.2 Å². The molecule has 0 spiro atoms. The monoisotopic (exact) mass is 482 g/mol. The molecule has 4 aliphatic rings. The van der Waals surface area contributed by atoms with Crippen molar-refractivity contribution in [2.24, 2.45) is 4.99 Å². The molecule has 0 aromatic heterocycles. The van der Waals surface area contributed by atoms with Gasteiger partial charge in [0.05, 0.1) is 34.7 Å². The smallest absolute Gasteiger partial charge is 0.202 e. The molecule has 0 amide bonds. The Balaban J connectivity index is 1.49. The molecule has 2 aliphatic heterocycles. The maximum atomic E-state index is 13.5. The van der Waals surface area contributed by atoms with E-state index in [0.717, 1.165) is 5.71 Å². The summed E-state index contributed by atoms with van der Waals surface area (Å²) in [5, 5.41) is 23.2. The number of hydrogen-bond acceptors (Lipinski definition) is 9. The first-order valence-corrected chi connectivity index (χ1v) is 12.3. The number of benzene rings is 1. The van der Waals surface area contributed by atoms with Crippen LogP contribution in [0, 0.1) is 0 Å². The SMILES string of the molecule is COc1c(C(=O)C2NC3(C)C=CC=CC3S2)cc(C(=O)C2N=C3C=CC=CC3S2)c(O)c1O. The van der Waals surface area contributed by atoms with Crippen molar-refractivity contribution in [3.63, 3.8) is 0 Å². The molecule has 2 heterocycles. The summed E-state index contributed by atoms with van der Waals surface area (Å²) in [6, 6.07) is 1.31. The third kappa shape index (κ3) is 3.64. The second-order valence-electron chi connectivity index (χ2n) is 8.25. The highest BCUT2D eigenvalue weighted by Crippen LogP contribution is 2.46. The molecule has 1 aromatic rings. The van der Waals surface area contributed by atoms with Crippen LogP contribution in [0.3, 0.4) is 0 Å². The Morgan fingerprint density at radius 2 is 1.85 bits per heavy atom. The van der Waals surface area contributed by atoms with E-state index in [0.29, 0.717) is 0 Å². The number of allylic oxidation sites excluding steroid dienone is 5. The number of ketones is 2. The van der Waals surface area contributed by atoms with Crippen LogP contribution in [0.2, 0.25) is 0 Å². The number of rotatable bonds is 5. The summed E-state index contributed by atoms with van der Waals surface area (Å²) in [5.74, 6) is -2.23. The number of carbonyl (C=O) groups excluding carboxylic acids is 2. The van der Waals surface area contributed by atoms with Crippen LogP contribution in [0.15, 0.2) is 59.7 Å². The Kier molecular flexibility index (Phi) is 5.50. The highest BCUT2D eigenvalue weighted by molar-refractivity contribution is 8.02. The summed E-state index contributed by atoms with van der Waals surface area (Å²) < 4.78 is 5.26. The minimum atomic E-state index is -0.782. The zero-order valence-corrected chi connectivity index (χ0v) is 19.5. The lowest BCUT2D eigenvalue weighted by atomic mass is 9.92. The molecule has 0 radical (unpaired) electrons. The van der Waals surface area contributed by atoms with Crippen molar-refractivity contribution in [2.75, 3.05) is 7.11 Å². The lowest BCUT2D eigenvalue weighted by Gasteiger charge is -2.27. The van der Waals surface area contributed by atoms with Crippen LogP contribution >= 0.6 is 23.5 Å². The Bertz CT molecular complexity index is 1200. The summed E-state index contributed by atoms with van der Waals surface area (Å²) in [4.78, 5) is 31.2. The predicted molar refractivity (Wildman–Crippen MR) is 131 cm³/mol. The first kappa shape index (κ1) is 22.1. The molecule has 7 nitrogen and oxygen atoms in total. The van der Waals surface area contributed by atoms with E-state index in [1.54, 1.807) is 0 Å². The number of thioether (sulfide) groups is 2. The minimum Gasteiger partial charge on any atom is -0.504 e. The number of methoxy groups -OCH3 is 1. The van der Waals surface area contributed by atoms with Gasteiger partial charge in [-0.3, -0.25) is 19.9 Å². The molecular weight excluding hydrogens is 460 g/mol. The number of fused-ring (bicyclic) bond motifs is 2. The second kappa shape index (κ2) is 8.23. The van der Waals surface area contributed by atoms with E-state index in [2.05, 4.69) is 10.3 Å². The number of hydrogen-bond donors (Lipinski definition) is 3. The Labute approximate surface area is 199 Å². The lowest BCUT2D eigenvalue weighted by molar-refractivity contribution is 0.0971. The third-order valence-corrected chi connectivity index (χ3v) is 8.89. The topological polar surface area (TPSA) is 108 Å². The third-order valence-electron chi connectivity index (χ3n) is 6.08. The van der Waals surface area contributed by atoms with E-state index in [1.807, 2.05) is 55.5 Å². The number of carbonyl (C=O) groups is 2. The van der Waals surface area contributed by atoms with Crippen LogP contribution in [-0.2, 0) is 0 Å². The molecule has 9 heteroatoms. The van der Waals surface area contributed by atoms with Gasteiger partial charge >= 0.3 is 0 Å². The summed E-state index contributed by atoms with van der Waals surface area (Å²) in [7, 11) is 1.30. The summed E-state index contributed by atoms with van der Waals surface area (Å²) in [6.07, 6.45) is 15.5. The molecule has 170 valence electrons. The molecule has 2 aliphatic carbocycles. The zero-order valence-electron chi connectivity index (χ0n) is 17.9. The van der Waals surface area contributed by atoms with E-state index >= 15 is 0 Å². The quantitative estimate of drug-likeness (QED) is 0.433. The van der Waals surface area contributed by atoms with Crippen LogP contribution < -0.4 is 10.1 Å². The van der Waals surface area contributed by atoms with Gasteiger partial charge in [-0.25, -0.2) is 0 Å². The number of nitrogens with zero attached hydrogens (tertiary/aromatic N) is 1. The van der Waals surface area contributed by atoms with E-state index in [-0.39, 0.29) is 33.2 Å². The van der Waals surface area contributed by atoms with Crippen molar-refractivity contribution in [1.82, 2.24) is 5.32 Å². The van der Waals surface area contributed by atoms with Gasteiger partial charge in [-0.1, -0.05) is 42.5 Å². The van der Waals surface area contributed by atoms with Gasteiger partial charge in [0.2, 0.25) is 11.5 Å². The first-order chi connectivity index (χ1) is 15.8. The number of nitrogens with one attached hydrogen (secondary N) is 1. The Morgan fingerprint density at radius 1 is 1.06 bits per heavy atom. The van der Waals surface area contributed by atoms with Crippen molar-refractivity contribution in [2.45, 2.75) is 33.7 Å². The van der Waals surface area contributed by atoms with Gasteiger partial charge in [0.25, 0.3) is 0 Å². The molecule has 3 N–H and O–H groups in total. The van der Waals surface area contributed by atoms with Crippen molar-refractivity contribution < 1.29 is 24.5 Å². The molecular formula is C24H22N2O5S2. The van der Waals surface area contributed by atoms with E-state index in [1.165, 1.54) is 36.7 Å². The number of Topliss-reactive ketones (excluding diaryl/α,β-unsaturated/α-hetero) is 2. The van der Waals surface area contributed by atoms with Crippen LogP contribution in [0.4, 0.5) is 0 Å². The Hall–Kier alpha value is -2.75. The summed E-state index contributed by atoms with van der Waals surface area (Å²) in [5.41, 5.74) is 0.261. The van der Waals surface area contributed by atoms with Crippen LogP contribution in [0.1, 0.15) is 27.6 Å². The molecule has 33 heavy (non-hydrogen) atoms. The van der Waals surface area contributed by atoms with Gasteiger partial charge in [0.15, 0.2) is 22.7 Å². The first-order valence-electron chi connectivity index (χ1n) is 10.4. The normalized spacial score (nSPS) is 31.3. The van der Waals surface area contributed by atoms with Crippen LogP contribution in [-0.4, -0.2) is 61.4 Å². The van der Waals surface area contributed by atoms with Gasteiger partial charge in [-0.2, -0.15) is 0 Å². The molecule has 1 fully saturated rings. The minimum absolute atomic E-state index is 0.0317. The average molecular weight is 483 g/mol. The van der Waals surface area contributed by atoms with Gasteiger partial charge in [0, 0.05) is 5.25 Å². The summed E-state index contributed by atoms with van der Waals surface area (Å²) >= 11 is 2.80.